The number of nitrogens with one attached hydrogen (secondary N) is 1. The van der Waals surface area contributed by atoms with Gasteiger partial charge in [-0.2, -0.15) is 13.2 Å². The lowest BCUT2D eigenvalue weighted by Crippen LogP contribution is -2.30. The lowest BCUT2D eigenvalue weighted by atomic mass is 10.00. The number of ether oxygens (including phenoxy) is 1. The third kappa shape index (κ3) is 4.84. The zero-order valence-electron chi connectivity index (χ0n) is 8.94. The lowest BCUT2D eigenvalue weighted by Gasteiger charge is -2.17. The van der Waals surface area contributed by atoms with E-state index in [4.69, 9.17) is 4.74 Å². The molecule has 2 atom stereocenters. The van der Waals surface area contributed by atoms with Crippen molar-refractivity contribution in [3.8, 4) is 0 Å². The largest absolute Gasteiger partial charge is 0.390 e. The third-order valence-electron chi connectivity index (χ3n) is 2.74. The number of hydrogen-bond acceptors (Lipinski definition) is 2. The second-order valence-electron chi connectivity index (χ2n) is 3.94. The molecule has 2 nitrogen and oxygen atoms in total. The van der Waals surface area contributed by atoms with Crippen molar-refractivity contribution < 1.29 is 17.9 Å². The molecule has 0 bridgehead atoms. The van der Waals surface area contributed by atoms with Gasteiger partial charge in [0.05, 0.1) is 12.5 Å². The summed E-state index contributed by atoms with van der Waals surface area (Å²) >= 11 is 0. The Hall–Kier alpha value is -0.290. The molecule has 1 aliphatic heterocycles. The van der Waals surface area contributed by atoms with Crippen molar-refractivity contribution in [3.63, 3.8) is 0 Å². The molecular weight excluding hydrogens is 207 g/mol. The van der Waals surface area contributed by atoms with E-state index in [1.165, 1.54) is 0 Å². The van der Waals surface area contributed by atoms with Gasteiger partial charge < -0.3 is 10.1 Å². The normalized spacial score (nSPS) is 27.2. The minimum atomic E-state index is -4.05. The van der Waals surface area contributed by atoms with Crippen LogP contribution < -0.4 is 5.32 Å². The second-order valence-corrected chi connectivity index (χ2v) is 3.94. The molecule has 1 aliphatic rings. The molecule has 0 aromatic rings. The van der Waals surface area contributed by atoms with Gasteiger partial charge in [-0.1, -0.05) is 6.92 Å². The van der Waals surface area contributed by atoms with Crippen LogP contribution in [-0.2, 0) is 4.74 Å². The molecule has 1 heterocycles. The van der Waals surface area contributed by atoms with Crippen molar-refractivity contribution in [1.29, 1.82) is 0 Å². The van der Waals surface area contributed by atoms with Crippen LogP contribution in [-0.4, -0.2) is 32.0 Å². The predicted octanol–water partition coefficient (Wildman–Crippen LogP) is 2.34. The number of hydrogen-bond donors (Lipinski definition) is 1. The molecule has 0 saturated carbocycles. The summed E-state index contributed by atoms with van der Waals surface area (Å²) < 4.78 is 41.0. The van der Waals surface area contributed by atoms with Gasteiger partial charge in [-0.25, -0.2) is 0 Å². The molecular formula is C10H18F3NO. The lowest BCUT2D eigenvalue weighted by molar-refractivity contribution is -0.133. The van der Waals surface area contributed by atoms with E-state index < -0.39 is 12.6 Å². The van der Waals surface area contributed by atoms with Gasteiger partial charge in [0.1, 0.15) is 0 Å². The van der Waals surface area contributed by atoms with Crippen LogP contribution in [0.2, 0.25) is 0 Å². The second kappa shape index (κ2) is 5.70. The molecule has 0 radical (unpaired) electrons. The van der Waals surface area contributed by atoms with Crippen LogP contribution in [0.15, 0.2) is 0 Å². The van der Waals surface area contributed by atoms with E-state index >= 15 is 0 Å². The van der Waals surface area contributed by atoms with Crippen LogP contribution >= 0.6 is 0 Å². The van der Waals surface area contributed by atoms with Gasteiger partial charge >= 0.3 is 6.18 Å². The van der Waals surface area contributed by atoms with Crippen molar-refractivity contribution in [1.82, 2.24) is 5.32 Å². The summed E-state index contributed by atoms with van der Waals surface area (Å²) in [4.78, 5) is 0. The molecule has 1 saturated heterocycles. The average molecular weight is 225 g/mol. The summed E-state index contributed by atoms with van der Waals surface area (Å²) in [6, 6.07) is 0. The van der Waals surface area contributed by atoms with Gasteiger partial charge in [-0.3, -0.25) is 0 Å². The summed E-state index contributed by atoms with van der Waals surface area (Å²) in [7, 11) is 0. The Kier molecular flexibility index (Phi) is 4.86. The third-order valence-corrected chi connectivity index (χ3v) is 2.74. The molecule has 1 rings (SSSR count). The van der Waals surface area contributed by atoms with Crippen molar-refractivity contribution in [2.24, 2.45) is 5.92 Å². The van der Waals surface area contributed by atoms with Gasteiger partial charge in [0.25, 0.3) is 0 Å². The van der Waals surface area contributed by atoms with Crippen LogP contribution in [0.1, 0.15) is 26.2 Å². The maximum Gasteiger partial charge on any atom is 0.390 e. The Morgan fingerprint density at radius 3 is 2.73 bits per heavy atom. The molecule has 1 fully saturated rings. The minimum absolute atomic E-state index is 0.0104. The van der Waals surface area contributed by atoms with Crippen molar-refractivity contribution >= 4 is 0 Å². The first-order valence-corrected chi connectivity index (χ1v) is 5.42. The van der Waals surface area contributed by atoms with Crippen molar-refractivity contribution in [2.45, 2.75) is 38.5 Å². The molecule has 0 amide bonds. The number of rotatable bonds is 5. The SMILES string of the molecule is CCC1OCCC1CNCCC(F)(F)F. The number of halogens is 3. The molecule has 90 valence electrons. The van der Waals surface area contributed by atoms with Crippen molar-refractivity contribution in [2.75, 3.05) is 19.7 Å². The highest BCUT2D eigenvalue weighted by Gasteiger charge is 2.28. The summed E-state index contributed by atoms with van der Waals surface area (Å²) in [5.74, 6) is 0.378. The zero-order chi connectivity index (χ0) is 11.3. The molecule has 1 N–H and O–H groups in total. The van der Waals surface area contributed by atoms with E-state index in [1.54, 1.807) is 0 Å². The standard InChI is InChI=1S/C10H18F3NO/c1-2-9-8(3-6-15-9)7-14-5-4-10(11,12)13/h8-9,14H,2-7H2,1H3. The molecule has 0 aliphatic carbocycles. The van der Waals surface area contributed by atoms with Crippen molar-refractivity contribution in [3.05, 3.63) is 0 Å². The molecule has 0 spiro atoms. The maximum absolute atomic E-state index is 11.8. The fourth-order valence-corrected chi connectivity index (χ4v) is 1.90. The van der Waals surface area contributed by atoms with E-state index in [0.29, 0.717) is 12.5 Å². The van der Waals surface area contributed by atoms with E-state index in [0.717, 1.165) is 19.4 Å². The quantitative estimate of drug-likeness (QED) is 0.725. The van der Waals surface area contributed by atoms with Crippen LogP contribution in [0.5, 0.6) is 0 Å². The van der Waals surface area contributed by atoms with E-state index in [2.05, 4.69) is 5.32 Å². The van der Waals surface area contributed by atoms with Crippen LogP contribution in [0.25, 0.3) is 0 Å². The Bertz CT molecular complexity index is 184. The van der Waals surface area contributed by atoms with Crippen LogP contribution in [0, 0.1) is 5.92 Å². The highest BCUT2D eigenvalue weighted by molar-refractivity contribution is 4.77. The molecule has 15 heavy (non-hydrogen) atoms. The smallest absolute Gasteiger partial charge is 0.378 e. The topological polar surface area (TPSA) is 21.3 Å². The molecule has 2 unspecified atom stereocenters. The summed E-state index contributed by atoms with van der Waals surface area (Å²) in [6.45, 7) is 3.42. The highest BCUT2D eigenvalue weighted by atomic mass is 19.4. The Morgan fingerprint density at radius 1 is 1.40 bits per heavy atom. The predicted molar refractivity (Wildman–Crippen MR) is 51.7 cm³/mol. The number of alkyl halides is 3. The fourth-order valence-electron chi connectivity index (χ4n) is 1.90. The van der Waals surface area contributed by atoms with E-state index in [9.17, 15) is 13.2 Å². The van der Waals surface area contributed by atoms with Gasteiger partial charge in [0.2, 0.25) is 0 Å². The first kappa shape index (κ1) is 12.8. The first-order valence-electron chi connectivity index (χ1n) is 5.42. The fraction of sp³-hybridized carbons (Fsp3) is 1.00. The molecule has 5 heteroatoms. The average Bonchev–Trinajstić information content (AvgIpc) is 2.58. The first-order chi connectivity index (χ1) is 7.03. The van der Waals surface area contributed by atoms with Gasteiger partial charge in [-0.05, 0) is 18.8 Å². The Labute approximate surface area is 88.2 Å². The van der Waals surface area contributed by atoms with Crippen LogP contribution in [0.4, 0.5) is 13.2 Å². The summed E-state index contributed by atoms with van der Waals surface area (Å²) in [6.07, 6.45) is -2.69. The summed E-state index contributed by atoms with van der Waals surface area (Å²) in [5.41, 5.74) is 0. The van der Waals surface area contributed by atoms with E-state index in [1.807, 2.05) is 6.92 Å². The monoisotopic (exact) mass is 225 g/mol. The van der Waals surface area contributed by atoms with Gasteiger partial charge in [0, 0.05) is 19.7 Å². The summed E-state index contributed by atoms with van der Waals surface area (Å²) in [5, 5.41) is 2.85. The van der Waals surface area contributed by atoms with E-state index in [-0.39, 0.29) is 12.6 Å². The Morgan fingerprint density at radius 2 is 2.13 bits per heavy atom. The Balaban J connectivity index is 2.09. The van der Waals surface area contributed by atoms with Crippen LogP contribution in [0.3, 0.4) is 0 Å². The van der Waals surface area contributed by atoms with Gasteiger partial charge in [0.15, 0.2) is 0 Å². The maximum atomic E-state index is 11.8. The molecule has 0 aromatic heterocycles. The zero-order valence-corrected chi connectivity index (χ0v) is 8.94. The molecule has 0 aromatic carbocycles. The minimum Gasteiger partial charge on any atom is -0.378 e. The highest BCUT2D eigenvalue weighted by Crippen LogP contribution is 2.23. The van der Waals surface area contributed by atoms with Gasteiger partial charge in [-0.15, -0.1) is 0 Å².